The first-order valence-corrected chi connectivity index (χ1v) is 7.37. The molecule has 0 spiro atoms. The number of ether oxygens (including phenoxy) is 2. The number of benzene rings is 1. The topological polar surface area (TPSA) is 99.0 Å². The maximum Gasteiger partial charge on any atom is 0.330 e. The van der Waals surface area contributed by atoms with Crippen molar-refractivity contribution in [1.82, 2.24) is 0 Å². The molecule has 1 aromatic carbocycles. The average molecular weight is 334 g/mol. The fraction of sp³-hybridized carbons (Fsp3) is 0.375. The molecule has 0 saturated carbocycles. The molecule has 2 rings (SSSR count). The summed E-state index contributed by atoms with van der Waals surface area (Å²) in [6, 6.07) is 4.06. The van der Waals surface area contributed by atoms with Crippen LogP contribution in [0.25, 0.3) is 0 Å². The summed E-state index contributed by atoms with van der Waals surface area (Å²) in [5, 5.41) is 11.0. The van der Waals surface area contributed by atoms with Gasteiger partial charge in [0.05, 0.1) is 23.8 Å². The van der Waals surface area contributed by atoms with Crippen LogP contribution in [0.5, 0.6) is 5.75 Å². The molecule has 0 unspecified atom stereocenters. The fourth-order valence-electron chi connectivity index (χ4n) is 2.33. The summed E-state index contributed by atoms with van der Waals surface area (Å²) in [6.07, 6.45) is 2.12. The van der Waals surface area contributed by atoms with E-state index in [0.717, 1.165) is 12.2 Å². The van der Waals surface area contributed by atoms with Crippen molar-refractivity contribution in [3.05, 3.63) is 40.5 Å². The van der Waals surface area contributed by atoms with Gasteiger partial charge in [0.25, 0.3) is 11.6 Å². The van der Waals surface area contributed by atoms with Crippen molar-refractivity contribution >= 4 is 23.3 Å². The number of non-ortho nitro benzene ring substituents is 1. The van der Waals surface area contributed by atoms with Crippen molar-refractivity contribution in [2.45, 2.75) is 26.4 Å². The molecular formula is C16H18N2O6. The molecule has 1 heterocycles. The minimum absolute atomic E-state index is 0.149. The Balaban J connectivity index is 2.35. The second-order valence-electron chi connectivity index (χ2n) is 5.78. The molecule has 1 aliphatic rings. The normalized spacial score (nSPS) is 15.5. The molecule has 0 saturated heterocycles. The maximum atomic E-state index is 12.4. The Kier molecular flexibility index (Phi) is 4.87. The zero-order valence-corrected chi connectivity index (χ0v) is 13.6. The van der Waals surface area contributed by atoms with Gasteiger partial charge in [-0.05, 0) is 26.8 Å². The third kappa shape index (κ3) is 3.89. The number of nitro benzene ring substituents is 1. The first-order valence-electron chi connectivity index (χ1n) is 7.37. The van der Waals surface area contributed by atoms with Crippen LogP contribution in [0, 0.1) is 10.1 Å². The van der Waals surface area contributed by atoms with Crippen LogP contribution >= 0.6 is 0 Å². The number of carbonyl (C=O) groups is 2. The summed E-state index contributed by atoms with van der Waals surface area (Å²) in [5.74, 6) is -0.742. The Morgan fingerprint density at radius 2 is 2.12 bits per heavy atom. The highest BCUT2D eigenvalue weighted by molar-refractivity contribution is 6.05. The Labute approximate surface area is 138 Å². The molecule has 1 aromatic rings. The van der Waals surface area contributed by atoms with Crippen molar-refractivity contribution in [2.75, 3.05) is 18.1 Å². The number of nitrogens with zero attached hydrogens (tertiary/aromatic N) is 2. The molecule has 24 heavy (non-hydrogen) atoms. The van der Waals surface area contributed by atoms with Gasteiger partial charge in [-0.3, -0.25) is 14.9 Å². The van der Waals surface area contributed by atoms with E-state index in [1.165, 1.54) is 23.1 Å². The first kappa shape index (κ1) is 17.5. The van der Waals surface area contributed by atoms with Crippen LogP contribution in [0.1, 0.15) is 20.8 Å². The summed E-state index contributed by atoms with van der Waals surface area (Å²) < 4.78 is 10.5. The van der Waals surface area contributed by atoms with Crippen LogP contribution in [0.15, 0.2) is 30.4 Å². The summed E-state index contributed by atoms with van der Waals surface area (Å²) in [7, 11) is 0. The molecular weight excluding hydrogens is 316 g/mol. The van der Waals surface area contributed by atoms with E-state index in [1.54, 1.807) is 20.8 Å². The molecule has 0 fully saturated rings. The molecule has 0 aromatic heterocycles. The van der Waals surface area contributed by atoms with Gasteiger partial charge in [0, 0.05) is 24.3 Å². The van der Waals surface area contributed by atoms with Crippen molar-refractivity contribution in [3.8, 4) is 5.75 Å². The lowest BCUT2D eigenvalue weighted by molar-refractivity contribution is -0.384. The quantitative estimate of drug-likeness (QED) is 0.362. The number of hydrogen-bond donors (Lipinski definition) is 0. The highest BCUT2D eigenvalue weighted by Gasteiger charge is 2.35. The van der Waals surface area contributed by atoms with Crippen molar-refractivity contribution in [1.29, 1.82) is 0 Å². The van der Waals surface area contributed by atoms with Gasteiger partial charge in [0.2, 0.25) is 0 Å². The molecule has 0 radical (unpaired) electrons. The van der Waals surface area contributed by atoms with E-state index in [-0.39, 0.29) is 18.8 Å². The monoisotopic (exact) mass is 334 g/mol. The SMILES string of the molecule is CCOC(=O)/C=C/C(=O)N1CC(C)(C)Oc2ccc([N+](=O)[O-])cc21. The average Bonchev–Trinajstić information content (AvgIpc) is 2.50. The van der Waals surface area contributed by atoms with Crippen molar-refractivity contribution in [2.24, 2.45) is 0 Å². The molecule has 128 valence electrons. The summed E-state index contributed by atoms with van der Waals surface area (Å²) in [6.45, 7) is 5.65. The third-order valence-corrected chi connectivity index (χ3v) is 3.28. The fourth-order valence-corrected chi connectivity index (χ4v) is 2.33. The lowest BCUT2D eigenvalue weighted by Gasteiger charge is -2.39. The Hall–Kier alpha value is -2.90. The smallest absolute Gasteiger partial charge is 0.330 e. The lowest BCUT2D eigenvalue weighted by atomic mass is 10.0. The van der Waals surface area contributed by atoms with Crippen molar-refractivity contribution in [3.63, 3.8) is 0 Å². The van der Waals surface area contributed by atoms with E-state index in [1.807, 2.05) is 0 Å². The molecule has 8 nitrogen and oxygen atoms in total. The minimum atomic E-state index is -0.670. The molecule has 0 N–H and O–H groups in total. The molecule has 0 atom stereocenters. The first-order chi connectivity index (χ1) is 11.2. The van der Waals surface area contributed by atoms with Crippen LogP contribution in [-0.2, 0) is 14.3 Å². The van der Waals surface area contributed by atoms with Crippen molar-refractivity contribution < 1.29 is 24.0 Å². The number of esters is 1. The highest BCUT2D eigenvalue weighted by Crippen LogP contribution is 2.39. The number of hydrogen-bond acceptors (Lipinski definition) is 6. The standard InChI is InChI=1S/C16H18N2O6/c1-4-23-15(20)8-7-14(19)17-10-16(2,3)24-13-6-5-11(18(21)22)9-12(13)17/h5-9H,4,10H2,1-3H3/b8-7+. The molecule has 1 amide bonds. The minimum Gasteiger partial charge on any atom is -0.484 e. The van der Waals surface area contributed by atoms with Crippen LogP contribution in [-0.4, -0.2) is 35.6 Å². The number of anilines is 1. The Morgan fingerprint density at radius 3 is 2.75 bits per heavy atom. The predicted octanol–water partition coefficient (Wildman–Crippen LogP) is 2.22. The maximum absolute atomic E-state index is 12.4. The summed E-state index contributed by atoms with van der Waals surface area (Å²) in [4.78, 5) is 35.6. The number of rotatable bonds is 4. The van der Waals surface area contributed by atoms with E-state index in [0.29, 0.717) is 11.4 Å². The van der Waals surface area contributed by atoms with Gasteiger partial charge in [-0.25, -0.2) is 4.79 Å². The lowest BCUT2D eigenvalue weighted by Crippen LogP contribution is -2.49. The third-order valence-electron chi connectivity index (χ3n) is 3.28. The predicted molar refractivity (Wildman–Crippen MR) is 85.9 cm³/mol. The summed E-state index contributed by atoms with van der Waals surface area (Å²) >= 11 is 0. The molecule has 0 bridgehead atoms. The van der Waals surface area contributed by atoms with E-state index >= 15 is 0 Å². The van der Waals surface area contributed by atoms with Gasteiger partial charge in [0.1, 0.15) is 11.4 Å². The van der Waals surface area contributed by atoms with Gasteiger partial charge in [0.15, 0.2) is 0 Å². The van der Waals surface area contributed by atoms with Crippen LogP contribution in [0.4, 0.5) is 11.4 Å². The zero-order chi connectivity index (χ0) is 17.9. The zero-order valence-electron chi connectivity index (χ0n) is 13.6. The van der Waals surface area contributed by atoms with Gasteiger partial charge in [-0.15, -0.1) is 0 Å². The second kappa shape index (κ2) is 6.69. The number of nitro groups is 1. The van der Waals surface area contributed by atoms with E-state index in [9.17, 15) is 19.7 Å². The largest absolute Gasteiger partial charge is 0.484 e. The highest BCUT2D eigenvalue weighted by atomic mass is 16.6. The van der Waals surface area contributed by atoms with Gasteiger partial charge in [-0.1, -0.05) is 0 Å². The number of amides is 1. The summed E-state index contributed by atoms with van der Waals surface area (Å²) in [5.41, 5.74) is -0.525. The van der Waals surface area contributed by atoms with E-state index < -0.39 is 22.4 Å². The van der Waals surface area contributed by atoms with E-state index in [4.69, 9.17) is 9.47 Å². The molecule has 8 heteroatoms. The van der Waals surface area contributed by atoms with Crippen LogP contribution < -0.4 is 9.64 Å². The number of fused-ring (bicyclic) bond motifs is 1. The van der Waals surface area contributed by atoms with Crippen LogP contribution in [0.2, 0.25) is 0 Å². The van der Waals surface area contributed by atoms with Gasteiger partial charge >= 0.3 is 5.97 Å². The van der Waals surface area contributed by atoms with Gasteiger partial charge in [-0.2, -0.15) is 0 Å². The van der Waals surface area contributed by atoms with Gasteiger partial charge < -0.3 is 14.4 Å². The van der Waals surface area contributed by atoms with E-state index in [2.05, 4.69) is 0 Å². The Bertz CT molecular complexity index is 711. The second-order valence-corrected chi connectivity index (χ2v) is 5.78. The van der Waals surface area contributed by atoms with Crippen LogP contribution in [0.3, 0.4) is 0 Å². The molecule has 1 aliphatic heterocycles. The Morgan fingerprint density at radius 1 is 1.42 bits per heavy atom. The molecule has 0 aliphatic carbocycles. The number of carbonyl (C=O) groups excluding carboxylic acids is 2.